The molecule has 1 saturated carbocycles. The molecule has 252 valence electrons. The van der Waals surface area contributed by atoms with Gasteiger partial charge in [0.15, 0.2) is 0 Å². The van der Waals surface area contributed by atoms with E-state index < -0.39 is 0 Å². The van der Waals surface area contributed by atoms with E-state index in [2.05, 4.69) is 56.6 Å². The van der Waals surface area contributed by atoms with E-state index in [1.807, 2.05) is 24.3 Å². The highest BCUT2D eigenvalue weighted by Crippen LogP contribution is 2.34. The van der Waals surface area contributed by atoms with Crippen molar-refractivity contribution in [3.05, 3.63) is 94.6 Å². The third kappa shape index (κ3) is 7.28. The SMILES string of the molecule is N#Cc1ccc(O[C@H]2CC[C@H](NC(=O)c3ccc(CN4CCC(n5ccc6c(N7CCC(=O)NC7=O)cccc65)CC4)cc3)CC2)cc1Cl. The van der Waals surface area contributed by atoms with Gasteiger partial charge in [0.05, 0.1) is 27.9 Å². The van der Waals surface area contributed by atoms with E-state index in [1.165, 1.54) is 5.56 Å². The number of imide groups is 1. The monoisotopic (exact) mass is 678 g/mol. The van der Waals surface area contributed by atoms with Crippen LogP contribution in [0.4, 0.5) is 10.5 Å². The zero-order valence-corrected chi connectivity index (χ0v) is 28.0. The molecule has 0 spiro atoms. The second-order valence-corrected chi connectivity index (χ2v) is 13.6. The normalized spacial score (nSPS) is 20.5. The Bertz CT molecular complexity index is 1900. The van der Waals surface area contributed by atoms with Crippen molar-refractivity contribution in [3.63, 3.8) is 0 Å². The van der Waals surface area contributed by atoms with Gasteiger partial charge < -0.3 is 14.6 Å². The molecule has 3 heterocycles. The number of amides is 4. The number of hydrogen-bond acceptors (Lipinski definition) is 6. The Morgan fingerprint density at radius 1 is 0.959 bits per heavy atom. The Kier molecular flexibility index (Phi) is 9.56. The van der Waals surface area contributed by atoms with Crippen LogP contribution in [0.15, 0.2) is 72.9 Å². The third-order valence-corrected chi connectivity index (χ3v) is 10.3. The molecular weight excluding hydrogens is 640 g/mol. The van der Waals surface area contributed by atoms with E-state index in [0.29, 0.717) is 40.9 Å². The van der Waals surface area contributed by atoms with E-state index in [0.717, 1.165) is 74.7 Å². The first-order valence-electron chi connectivity index (χ1n) is 17.0. The van der Waals surface area contributed by atoms with Gasteiger partial charge in [-0.15, -0.1) is 0 Å². The first-order chi connectivity index (χ1) is 23.8. The lowest BCUT2D eigenvalue weighted by Gasteiger charge is -2.33. The number of nitriles is 1. The lowest BCUT2D eigenvalue weighted by Crippen LogP contribution is -2.49. The van der Waals surface area contributed by atoms with Crippen molar-refractivity contribution in [2.75, 3.05) is 24.5 Å². The Morgan fingerprint density at radius 2 is 1.73 bits per heavy atom. The first-order valence-corrected chi connectivity index (χ1v) is 17.4. The van der Waals surface area contributed by atoms with E-state index in [-0.39, 0.29) is 30.0 Å². The first kappa shape index (κ1) is 32.7. The number of nitrogens with one attached hydrogen (secondary N) is 2. The summed E-state index contributed by atoms with van der Waals surface area (Å²) in [5.74, 6) is 0.382. The summed E-state index contributed by atoms with van der Waals surface area (Å²) in [4.78, 5) is 41.3. The van der Waals surface area contributed by atoms with Crippen molar-refractivity contribution in [1.82, 2.24) is 20.1 Å². The van der Waals surface area contributed by atoms with Crippen LogP contribution in [-0.2, 0) is 11.3 Å². The van der Waals surface area contributed by atoms with Crippen molar-refractivity contribution < 1.29 is 19.1 Å². The van der Waals surface area contributed by atoms with Gasteiger partial charge in [-0.2, -0.15) is 5.26 Å². The second-order valence-electron chi connectivity index (χ2n) is 13.2. The van der Waals surface area contributed by atoms with E-state index in [1.54, 1.807) is 23.1 Å². The molecule has 10 nitrogen and oxygen atoms in total. The molecule has 0 radical (unpaired) electrons. The average Bonchev–Trinajstić information content (AvgIpc) is 3.55. The predicted molar refractivity (Wildman–Crippen MR) is 188 cm³/mol. The quantitative estimate of drug-likeness (QED) is 0.218. The summed E-state index contributed by atoms with van der Waals surface area (Å²) in [7, 11) is 0. The maximum Gasteiger partial charge on any atom is 0.328 e. The van der Waals surface area contributed by atoms with Crippen molar-refractivity contribution in [3.8, 4) is 11.8 Å². The number of piperidine rings is 1. The standard InChI is InChI=1S/C38H39ClN6O4/c39-33-22-31(11-8-27(33)23-40)49-30-12-9-28(10-13-30)41-37(47)26-6-4-25(5-7-26)24-43-18-14-29(15-19-43)44-20-16-32-34(44)2-1-3-35(32)45-21-17-36(46)42-38(45)48/h1-8,11,16,20,22,28-30H,9-10,12-15,17-19,21,24H2,(H,41,47)(H,42,46,48)/t28-,30-. The highest BCUT2D eigenvalue weighted by atomic mass is 35.5. The zero-order chi connectivity index (χ0) is 33.9. The molecule has 0 atom stereocenters. The Hall–Kier alpha value is -4.85. The Morgan fingerprint density at radius 3 is 2.45 bits per heavy atom. The fourth-order valence-corrected chi connectivity index (χ4v) is 7.55. The number of likely N-dealkylation sites (tertiary alicyclic amines) is 1. The summed E-state index contributed by atoms with van der Waals surface area (Å²) in [5.41, 5.74) is 4.22. The lowest BCUT2D eigenvalue weighted by molar-refractivity contribution is -0.120. The molecule has 0 bridgehead atoms. The minimum atomic E-state index is -0.365. The molecule has 1 aromatic heterocycles. The largest absolute Gasteiger partial charge is 0.490 e. The number of halogens is 1. The van der Waals surface area contributed by atoms with Crippen LogP contribution in [0.1, 0.15) is 72.5 Å². The highest BCUT2D eigenvalue weighted by molar-refractivity contribution is 6.31. The number of urea groups is 1. The smallest absolute Gasteiger partial charge is 0.328 e. The summed E-state index contributed by atoms with van der Waals surface area (Å²) >= 11 is 6.14. The van der Waals surface area contributed by atoms with Gasteiger partial charge in [-0.05, 0) is 86.6 Å². The number of anilines is 1. The van der Waals surface area contributed by atoms with Gasteiger partial charge in [0, 0.05) is 67.9 Å². The number of carbonyl (C=O) groups is 3. The number of ether oxygens (including phenoxy) is 1. The summed E-state index contributed by atoms with van der Waals surface area (Å²) < 4.78 is 8.42. The molecule has 4 aromatic rings. The molecule has 49 heavy (non-hydrogen) atoms. The van der Waals surface area contributed by atoms with Gasteiger partial charge in [-0.3, -0.25) is 24.7 Å². The minimum Gasteiger partial charge on any atom is -0.490 e. The van der Waals surface area contributed by atoms with Crippen LogP contribution in [0.2, 0.25) is 5.02 Å². The van der Waals surface area contributed by atoms with Crippen LogP contribution in [0.5, 0.6) is 5.75 Å². The van der Waals surface area contributed by atoms with Crippen molar-refractivity contribution in [2.45, 2.75) is 69.7 Å². The summed E-state index contributed by atoms with van der Waals surface area (Å²) in [5, 5.41) is 16.1. The summed E-state index contributed by atoms with van der Waals surface area (Å²) in [6, 6.07) is 23.4. The zero-order valence-electron chi connectivity index (χ0n) is 27.2. The van der Waals surface area contributed by atoms with Crippen LogP contribution in [-0.4, -0.2) is 59.1 Å². The number of benzene rings is 3. The molecule has 2 saturated heterocycles. The highest BCUT2D eigenvalue weighted by Gasteiger charge is 2.28. The van der Waals surface area contributed by atoms with E-state index in [4.69, 9.17) is 21.6 Å². The number of aromatic nitrogens is 1. The fraction of sp³-hybridized carbons (Fsp3) is 0.368. The number of nitrogens with zero attached hydrogens (tertiary/aromatic N) is 4. The molecule has 7 rings (SSSR count). The molecule has 0 unspecified atom stereocenters. The van der Waals surface area contributed by atoms with Crippen molar-refractivity contribution in [2.24, 2.45) is 0 Å². The van der Waals surface area contributed by atoms with E-state index >= 15 is 0 Å². The summed E-state index contributed by atoms with van der Waals surface area (Å²) in [6.07, 6.45) is 7.86. The number of hydrogen-bond donors (Lipinski definition) is 2. The van der Waals surface area contributed by atoms with Crippen LogP contribution in [0.25, 0.3) is 10.9 Å². The minimum absolute atomic E-state index is 0.0490. The molecular formula is C38H39ClN6O4. The van der Waals surface area contributed by atoms with Gasteiger partial charge in [0.1, 0.15) is 11.8 Å². The van der Waals surface area contributed by atoms with Crippen LogP contribution in [0.3, 0.4) is 0 Å². The molecule has 2 aliphatic heterocycles. The third-order valence-electron chi connectivity index (χ3n) is 10.0. The van der Waals surface area contributed by atoms with Gasteiger partial charge in [-0.1, -0.05) is 29.8 Å². The van der Waals surface area contributed by atoms with E-state index in [9.17, 15) is 14.4 Å². The topological polar surface area (TPSA) is 120 Å². The molecule has 4 amide bonds. The maximum absolute atomic E-state index is 13.0. The second kappa shape index (κ2) is 14.3. The number of rotatable bonds is 8. The predicted octanol–water partition coefficient (Wildman–Crippen LogP) is 6.57. The van der Waals surface area contributed by atoms with Gasteiger partial charge in [0.25, 0.3) is 5.91 Å². The van der Waals surface area contributed by atoms with Crippen LogP contribution in [0, 0.1) is 11.3 Å². The number of carbonyl (C=O) groups excluding carboxylic acids is 3. The Labute approximate surface area is 290 Å². The average molecular weight is 679 g/mol. The molecule has 3 aliphatic rings. The molecule has 11 heteroatoms. The maximum atomic E-state index is 13.0. The van der Waals surface area contributed by atoms with Gasteiger partial charge in [-0.25, -0.2) is 4.79 Å². The van der Waals surface area contributed by atoms with Gasteiger partial charge in [0.2, 0.25) is 5.91 Å². The molecule has 2 N–H and O–H groups in total. The molecule has 3 fully saturated rings. The number of fused-ring (bicyclic) bond motifs is 1. The summed E-state index contributed by atoms with van der Waals surface area (Å²) in [6.45, 7) is 3.15. The Balaban J connectivity index is 0.875. The van der Waals surface area contributed by atoms with Crippen molar-refractivity contribution >= 4 is 46.0 Å². The molecule has 3 aromatic carbocycles. The van der Waals surface area contributed by atoms with Crippen LogP contribution < -0.4 is 20.3 Å². The van der Waals surface area contributed by atoms with Gasteiger partial charge >= 0.3 is 6.03 Å². The fourth-order valence-electron chi connectivity index (χ4n) is 7.34. The lowest BCUT2D eigenvalue weighted by atomic mass is 9.92. The van der Waals surface area contributed by atoms with Crippen molar-refractivity contribution in [1.29, 1.82) is 5.26 Å². The van der Waals surface area contributed by atoms with Crippen LogP contribution >= 0.6 is 11.6 Å². The molecule has 1 aliphatic carbocycles.